The number of carbonyl (C=O) groups is 1. The molecule has 0 atom stereocenters. The minimum atomic E-state index is -0.669. The Balaban J connectivity index is 1.30. The van der Waals surface area contributed by atoms with Crippen LogP contribution in [-0.4, -0.2) is 31.0 Å². The molecule has 0 spiro atoms. The Labute approximate surface area is 223 Å². The Morgan fingerprint density at radius 1 is 1.05 bits per heavy atom. The SMILES string of the molecule is CC(C)n1cc(NC(=O)Nc2ccc(Oc3ccnc(-c4cn[nH]c4)c3)cc2F)c(-c2ccc(C#N)cc2)n1. The van der Waals surface area contributed by atoms with Gasteiger partial charge in [-0.1, -0.05) is 12.1 Å². The van der Waals surface area contributed by atoms with Crippen molar-refractivity contribution in [2.45, 2.75) is 19.9 Å². The molecule has 0 bridgehead atoms. The molecule has 2 aromatic carbocycles. The summed E-state index contributed by atoms with van der Waals surface area (Å²) in [6, 6.07) is 15.9. The molecule has 0 aliphatic rings. The fraction of sp³-hybridized carbons (Fsp3) is 0.107. The number of halogens is 1. The molecule has 0 saturated carbocycles. The van der Waals surface area contributed by atoms with E-state index in [9.17, 15) is 9.18 Å². The number of H-pyrrole nitrogens is 1. The minimum Gasteiger partial charge on any atom is -0.457 e. The number of ether oxygens (including phenoxy) is 1. The fourth-order valence-electron chi connectivity index (χ4n) is 3.76. The molecule has 0 unspecified atom stereocenters. The molecule has 10 nitrogen and oxygen atoms in total. The monoisotopic (exact) mass is 522 g/mol. The number of nitriles is 1. The van der Waals surface area contributed by atoms with Crippen LogP contribution >= 0.6 is 0 Å². The molecule has 39 heavy (non-hydrogen) atoms. The van der Waals surface area contributed by atoms with Crippen molar-refractivity contribution in [2.75, 3.05) is 10.6 Å². The van der Waals surface area contributed by atoms with E-state index in [0.29, 0.717) is 28.4 Å². The number of anilines is 2. The van der Waals surface area contributed by atoms with Crippen LogP contribution in [0.4, 0.5) is 20.6 Å². The normalized spacial score (nSPS) is 10.7. The third kappa shape index (κ3) is 5.75. The van der Waals surface area contributed by atoms with Crippen LogP contribution in [0.25, 0.3) is 22.5 Å². The zero-order valence-corrected chi connectivity index (χ0v) is 21.0. The summed E-state index contributed by atoms with van der Waals surface area (Å²) in [6.07, 6.45) is 6.64. The van der Waals surface area contributed by atoms with E-state index in [1.807, 2.05) is 13.8 Å². The Morgan fingerprint density at radius 3 is 2.51 bits per heavy atom. The van der Waals surface area contributed by atoms with Crippen LogP contribution in [0.2, 0.25) is 0 Å². The highest BCUT2D eigenvalue weighted by Gasteiger charge is 2.17. The number of nitrogens with zero attached hydrogens (tertiary/aromatic N) is 5. The van der Waals surface area contributed by atoms with Gasteiger partial charge in [-0.15, -0.1) is 0 Å². The molecule has 2 amide bonds. The van der Waals surface area contributed by atoms with Gasteiger partial charge in [0.05, 0.1) is 34.9 Å². The lowest BCUT2D eigenvalue weighted by Gasteiger charge is -2.11. The van der Waals surface area contributed by atoms with Crippen LogP contribution in [0.5, 0.6) is 11.5 Å². The predicted octanol–water partition coefficient (Wildman–Crippen LogP) is 6.36. The Hall–Kier alpha value is -5.50. The average Bonchev–Trinajstić information content (AvgIpc) is 3.62. The Bertz CT molecular complexity index is 1650. The maximum atomic E-state index is 14.9. The number of aromatic nitrogens is 5. The first kappa shape index (κ1) is 25.2. The minimum absolute atomic E-state index is 0.0233. The Morgan fingerprint density at radius 2 is 1.82 bits per heavy atom. The number of rotatable bonds is 7. The summed E-state index contributed by atoms with van der Waals surface area (Å²) < 4.78 is 22.4. The van der Waals surface area contributed by atoms with Crippen LogP contribution < -0.4 is 15.4 Å². The highest BCUT2D eigenvalue weighted by atomic mass is 19.1. The van der Waals surface area contributed by atoms with E-state index in [4.69, 9.17) is 10.00 Å². The summed E-state index contributed by atoms with van der Waals surface area (Å²) in [5.41, 5.74) is 3.63. The molecule has 11 heteroatoms. The van der Waals surface area contributed by atoms with E-state index in [1.54, 1.807) is 71.9 Å². The molecule has 194 valence electrons. The maximum absolute atomic E-state index is 14.9. The lowest BCUT2D eigenvalue weighted by atomic mass is 10.1. The number of aromatic amines is 1. The second-order valence-electron chi connectivity index (χ2n) is 8.84. The number of pyridine rings is 1. The summed E-state index contributed by atoms with van der Waals surface area (Å²) in [4.78, 5) is 17.1. The smallest absolute Gasteiger partial charge is 0.323 e. The second kappa shape index (κ2) is 10.9. The Kier molecular flexibility index (Phi) is 7.00. The van der Waals surface area contributed by atoms with E-state index < -0.39 is 11.8 Å². The lowest BCUT2D eigenvalue weighted by Crippen LogP contribution is -2.20. The van der Waals surface area contributed by atoms with Crippen molar-refractivity contribution in [2.24, 2.45) is 0 Å². The van der Waals surface area contributed by atoms with Gasteiger partial charge >= 0.3 is 6.03 Å². The van der Waals surface area contributed by atoms with Crippen LogP contribution in [0, 0.1) is 17.1 Å². The van der Waals surface area contributed by atoms with Crippen molar-refractivity contribution in [3.8, 4) is 40.1 Å². The van der Waals surface area contributed by atoms with Crippen molar-refractivity contribution in [3.05, 3.63) is 90.8 Å². The van der Waals surface area contributed by atoms with Gasteiger partial charge in [-0.3, -0.25) is 14.8 Å². The summed E-state index contributed by atoms with van der Waals surface area (Å²) in [7, 11) is 0. The average molecular weight is 523 g/mol. The van der Waals surface area contributed by atoms with Gasteiger partial charge in [0.2, 0.25) is 0 Å². The summed E-state index contributed by atoms with van der Waals surface area (Å²) in [5, 5.41) is 25.6. The van der Waals surface area contributed by atoms with Crippen molar-refractivity contribution < 1.29 is 13.9 Å². The van der Waals surface area contributed by atoms with Crippen LogP contribution in [-0.2, 0) is 0 Å². The van der Waals surface area contributed by atoms with E-state index in [-0.39, 0.29) is 17.5 Å². The molecule has 0 radical (unpaired) electrons. The summed E-state index contributed by atoms with van der Waals surface area (Å²) >= 11 is 0. The molecule has 3 heterocycles. The van der Waals surface area contributed by atoms with E-state index >= 15 is 0 Å². The number of urea groups is 1. The molecule has 0 fully saturated rings. The number of carbonyl (C=O) groups excluding carboxylic acids is 1. The largest absolute Gasteiger partial charge is 0.457 e. The van der Waals surface area contributed by atoms with E-state index in [1.165, 1.54) is 12.1 Å². The number of benzene rings is 2. The molecule has 0 aliphatic heterocycles. The van der Waals surface area contributed by atoms with Crippen molar-refractivity contribution in [1.29, 1.82) is 5.26 Å². The number of nitrogens with one attached hydrogen (secondary N) is 3. The van der Waals surface area contributed by atoms with Gasteiger partial charge in [0.15, 0.2) is 0 Å². The van der Waals surface area contributed by atoms with E-state index in [0.717, 1.165) is 11.1 Å². The molecule has 5 rings (SSSR count). The number of hydrogen-bond acceptors (Lipinski definition) is 6. The maximum Gasteiger partial charge on any atom is 0.323 e. The highest BCUT2D eigenvalue weighted by molar-refractivity contribution is 6.02. The van der Waals surface area contributed by atoms with Gasteiger partial charge < -0.3 is 15.4 Å². The van der Waals surface area contributed by atoms with Gasteiger partial charge in [-0.25, -0.2) is 9.18 Å². The first-order valence-corrected chi connectivity index (χ1v) is 12.0. The molecule has 3 aromatic heterocycles. The van der Waals surface area contributed by atoms with Crippen molar-refractivity contribution in [3.63, 3.8) is 0 Å². The van der Waals surface area contributed by atoms with Gasteiger partial charge in [0.25, 0.3) is 0 Å². The zero-order valence-electron chi connectivity index (χ0n) is 21.0. The molecule has 0 saturated heterocycles. The van der Waals surface area contributed by atoms with Crippen LogP contribution in [0.3, 0.4) is 0 Å². The summed E-state index contributed by atoms with van der Waals surface area (Å²) in [5.74, 6) is 0.0533. The topological polar surface area (TPSA) is 134 Å². The van der Waals surface area contributed by atoms with Gasteiger partial charge in [0.1, 0.15) is 23.0 Å². The third-order valence-corrected chi connectivity index (χ3v) is 5.75. The number of hydrogen-bond donors (Lipinski definition) is 3. The van der Waals surface area contributed by atoms with Crippen LogP contribution in [0.15, 0.2) is 79.4 Å². The molecular formula is C28H23FN8O2. The molecule has 3 N–H and O–H groups in total. The predicted molar refractivity (Wildman–Crippen MR) is 144 cm³/mol. The first-order valence-electron chi connectivity index (χ1n) is 12.0. The van der Waals surface area contributed by atoms with Crippen molar-refractivity contribution >= 4 is 17.4 Å². The molecule has 5 aromatic rings. The quantitative estimate of drug-likeness (QED) is 0.228. The lowest BCUT2D eigenvalue weighted by molar-refractivity contribution is 0.262. The summed E-state index contributed by atoms with van der Waals surface area (Å²) in [6.45, 7) is 3.92. The number of amides is 2. The first-order chi connectivity index (χ1) is 18.9. The standard InChI is InChI=1S/C28H23FN8O2/c1-17(2)37-16-26(27(36-37)19-5-3-18(13-30)4-6-19)35-28(38)34-24-8-7-21(11-23(24)29)39-22-9-10-31-25(12-22)20-14-32-33-15-20/h3-12,14-17H,1-2H3,(H,32,33)(H2,34,35,38). The third-order valence-electron chi connectivity index (χ3n) is 5.75. The van der Waals surface area contributed by atoms with Gasteiger partial charge in [-0.05, 0) is 44.2 Å². The van der Waals surface area contributed by atoms with Crippen molar-refractivity contribution in [1.82, 2.24) is 25.0 Å². The van der Waals surface area contributed by atoms with Gasteiger partial charge in [-0.2, -0.15) is 15.5 Å². The molecule has 0 aliphatic carbocycles. The zero-order chi connectivity index (χ0) is 27.4. The second-order valence-corrected chi connectivity index (χ2v) is 8.84. The van der Waals surface area contributed by atoms with Gasteiger partial charge in [0, 0.05) is 47.9 Å². The molecular weight excluding hydrogens is 499 g/mol. The van der Waals surface area contributed by atoms with E-state index in [2.05, 4.69) is 37.0 Å². The highest BCUT2D eigenvalue weighted by Crippen LogP contribution is 2.30. The fourth-order valence-corrected chi connectivity index (χ4v) is 3.76. The van der Waals surface area contributed by atoms with Crippen LogP contribution in [0.1, 0.15) is 25.5 Å².